The van der Waals surface area contributed by atoms with Crippen LogP contribution in [0.2, 0.25) is 0 Å². The largest absolute Gasteiger partial charge is 0.494 e. The maximum atomic E-state index is 12.3. The highest BCUT2D eigenvalue weighted by Gasteiger charge is 2.16. The lowest BCUT2D eigenvalue weighted by Crippen LogP contribution is -2.17. The van der Waals surface area contributed by atoms with Gasteiger partial charge in [0.15, 0.2) is 11.5 Å². The van der Waals surface area contributed by atoms with Crippen LogP contribution in [0.25, 0.3) is 5.69 Å². The van der Waals surface area contributed by atoms with Crippen LogP contribution in [0.15, 0.2) is 53.6 Å². The summed E-state index contributed by atoms with van der Waals surface area (Å²) in [6.45, 7) is 6.77. The van der Waals surface area contributed by atoms with Gasteiger partial charge in [-0.15, -0.1) is 0 Å². The van der Waals surface area contributed by atoms with Crippen LogP contribution in [0, 0.1) is 13.8 Å². The van der Waals surface area contributed by atoms with Gasteiger partial charge in [0.1, 0.15) is 5.75 Å². The number of nitrogens with one attached hydrogen (secondary N) is 1. The standard InChI is InChI=1S/C23H23N3O4/c1-4-28-20-8-5-17(6-9-20)23(27)25-24-13-18-11-15(2)26(16(18)3)19-7-10-21-22(12-19)30-14-29-21/h5-13H,4,14H2,1-3H3,(H,25,27)/b24-13-. The summed E-state index contributed by atoms with van der Waals surface area (Å²) in [5.41, 5.74) is 7.03. The zero-order valence-electron chi connectivity index (χ0n) is 17.1. The zero-order chi connectivity index (χ0) is 21.1. The van der Waals surface area contributed by atoms with Gasteiger partial charge in [-0.3, -0.25) is 4.79 Å². The van der Waals surface area contributed by atoms with Crippen molar-refractivity contribution in [3.05, 3.63) is 71.0 Å². The Morgan fingerprint density at radius 3 is 2.67 bits per heavy atom. The van der Waals surface area contributed by atoms with Gasteiger partial charge in [-0.2, -0.15) is 5.10 Å². The molecule has 2 heterocycles. The van der Waals surface area contributed by atoms with E-state index in [-0.39, 0.29) is 12.7 Å². The highest BCUT2D eigenvalue weighted by molar-refractivity contribution is 5.95. The molecule has 0 radical (unpaired) electrons. The Labute approximate surface area is 174 Å². The number of fused-ring (bicyclic) bond motifs is 1. The first-order valence-corrected chi connectivity index (χ1v) is 9.72. The first-order valence-electron chi connectivity index (χ1n) is 9.72. The molecule has 2 aromatic carbocycles. The molecule has 154 valence electrons. The van der Waals surface area contributed by atoms with Crippen molar-refractivity contribution in [2.75, 3.05) is 13.4 Å². The van der Waals surface area contributed by atoms with Crippen molar-refractivity contribution in [3.8, 4) is 22.9 Å². The Morgan fingerprint density at radius 1 is 1.13 bits per heavy atom. The monoisotopic (exact) mass is 405 g/mol. The van der Waals surface area contributed by atoms with Gasteiger partial charge in [-0.25, -0.2) is 5.43 Å². The number of aromatic nitrogens is 1. The normalized spacial score (nSPS) is 12.4. The summed E-state index contributed by atoms with van der Waals surface area (Å²) in [5, 5.41) is 4.13. The van der Waals surface area contributed by atoms with Gasteiger partial charge in [-0.1, -0.05) is 0 Å². The fourth-order valence-electron chi connectivity index (χ4n) is 3.43. The molecule has 1 N–H and O–H groups in total. The van der Waals surface area contributed by atoms with E-state index in [1.54, 1.807) is 30.5 Å². The first-order chi connectivity index (χ1) is 14.6. The fraction of sp³-hybridized carbons (Fsp3) is 0.217. The number of hydrogen-bond acceptors (Lipinski definition) is 5. The molecule has 1 aliphatic heterocycles. The molecule has 1 aliphatic rings. The van der Waals surface area contributed by atoms with Crippen LogP contribution in [0.5, 0.6) is 17.2 Å². The number of rotatable bonds is 6. The molecule has 0 spiro atoms. The van der Waals surface area contributed by atoms with Gasteiger partial charge in [-0.05, 0) is 63.2 Å². The number of nitrogens with zero attached hydrogens (tertiary/aromatic N) is 2. The van der Waals surface area contributed by atoms with Crippen molar-refractivity contribution < 1.29 is 19.0 Å². The van der Waals surface area contributed by atoms with Crippen LogP contribution < -0.4 is 19.6 Å². The molecular formula is C23H23N3O4. The Morgan fingerprint density at radius 2 is 1.90 bits per heavy atom. The minimum atomic E-state index is -0.279. The van der Waals surface area contributed by atoms with Crippen molar-refractivity contribution in [2.45, 2.75) is 20.8 Å². The van der Waals surface area contributed by atoms with Crippen LogP contribution in [0.1, 0.15) is 34.2 Å². The maximum Gasteiger partial charge on any atom is 0.271 e. The van der Waals surface area contributed by atoms with Gasteiger partial charge in [0, 0.05) is 34.3 Å². The minimum Gasteiger partial charge on any atom is -0.494 e. The predicted octanol–water partition coefficient (Wildman–Crippen LogP) is 3.99. The smallest absolute Gasteiger partial charge is 0.271 e. The van der Waals surface area contributed by atoms with Crippen molar-refractivity contribution >= 4 is 12.1 Å². The Kier molecular flexibility index (Phi) is 5.43. The summed E-state index contributed by atoms with van der Waals surface area (Å²) in [7, 11) is 0. The van der Waals surface area contributed by atoms with Crippen molar-refractivity contribution in [2.24, 2.45) is 5.10 Å². The summed E-state index contributed by atoms with van der Waals surface area (Å²) >= 11 is 0. The first kappa shape index (κ1) is 19.6. The number of hydrazone groups is 1. The molecule has 0 aliphatic carbocycles. The van der Waals surface area contributed by atoms with Gasteiger partial charge >= 0.3 is 0 Å². The second kappa shape index (κ2) is 8.32. The molecule has 4 rings (SSSR count). The molecule has 0 saturated carbocycles. The summed E-state index contributed by atoms with van der Waals surface area (Å²) in [6.07, 6.45) is 1.65. The van der Waals surface area contributed by atoms with Gasteiger partial charge in [0.05, 0.1) is 12.8 Å². The van der Waals surface area contributed by atoms with E-state index in [9.17, 15) is 4.79 Å². The van der Waals surface area contributed by atoms with Crippen molar-refractivity contribution in [1.29, 1.82) is 0 Å². The van der Waals surface area contributed by atoms with Gasteiger partial charge < -0.3 is 18.8 Å². The molecule has 0 saturated heterocycles. The zero-order valence-corrected chi connectivity index (χ0v) is 17.1. The molecular weight excluding hydrogens is 382 g/mol. The molecule has 0 bridgehead atoms. The predicted molar refractivity (Wildman–Crippen MR) is 114 cm³/mol. The van der Waals surface area contributed by atoms with Crippen LogP contribution >= 0.6 is 0 Å². The van der Waals surface area contributed by atoms with E-state index in [4.69, 9.17) is 14.2 Å². The van der Waals surface area contributed by atoms with Crippen molar-refractivity contribution in [3.63, 3.8) is 0 Å². The molecule has 1 aromatic heterocycles. The number of carbonyl (C=O) groups is 1. The quantitative estimate of drug-likeness (QED) is 0.497. The number of ether oxygens (including phenoxy) is 3. The third-order valence-corrected chi connectivity index (χ3v) is 4.88. The second-order valence-electron chi connectivity index (χ2n) is 6.86. The van der Waals surface area contributed by atoms with Crippen molar-refractivity contribution in [1.82, 2.24) is 9.99 Å². The fourth-order valence-corrected chi connectivity index (χ4v) is 3.43. The number of aryl methyl sites for hydroxylation is 1. The van der Waals surface area contributed by atoms with Crippen LogP contribution in [-0.4, -0.2) is 30.1 Å². The average molecular weight is 405 g/mol. The lowest BCUT2D eigenvalue weighted by atomic mass is 10.2. The second-order valence-corrected chi connectivity index (χ2v) is 6.86. The molecule has 7 nitrogen and oxygen atoms in total. The highest BCUT2D eigenvalue weighted by atomic mass is 16.7. The number of benzene rings is 2. The number of amides is 1. The lowest BCUT2D eigenvalue weighted by Gasteiger charge is -2.10. The van der Waals surface area contributed by atoms with Gasteiger partial charge in [0.2, 0.25) is 6.79 Å². The summed E-state index contributed by atoms with van der Waals surface area (Å²) in [5.74, 6) is 1.94. The van der Waals surface area contributed by atoms with E-state index in [0.717, 1.165) is 39.9 Å². The molecule has 1 amide bonds. The molecule has 30 heavy (non-hydrogen) atoms. The average Bonchev–Trinajstić information content (AvgIpc) is 3.32. The van der Waals surface area contributed by atoms with Crippen LogP contribution in [-0.2, 0) is 0 Å². The van der Waals surface area contributed by atoms with E-state index in [1.165, 1.54) is 0 Å². The minimum absolute atomic E-state index is 0.244. The van der Waals surface area contributed by atoms with E-state index < -0.39 is 0 Å². The van der Waals surface area contributed by atoms with E-state index in [1.807, 2.05) is 45.0 Å². The molecule has 0 fully saturated rings. The third kappa shape index (κ3) is 3.87. The third-order valence-electron chi connectivity index (χ3n) is 4.88. The molecule has 0 atom stereocenters. The number of carbonyl (C=O) groups excluding carboxylic acids is 1. The summed E-state index contributed by atoms with van der Waals surface area (Å²) in [6, 6.07) is 14.8. The summed E-state index contributed by atoms with van der Waals surface area (Å²) < 4.78 is 18.4. The molecule has 0 unspecified atom stereocenters. The van der Waals surface area contributed by atoms with E-state index in [2.05, 4.69) is 15.1 Å². The topological polar surface area (TPSA) is 74.1 Å². The highest BCUT2D eigenvalue weighted by Crippen LogP contribution is 2.34. The van der Waals surface area contributed by atoms with E-state index in [0.29, 0.717) is 12.2 Å². The Bertz CT molecular complexity index is 1100. The molecule has 7 heteroatoms. The SMILES string of the molecule is CCOc1ccc(C(=O)N/N=C\c2cc(C)n(-c3ccc4c(c3)OCO4)c2C)cc1. The summed E-state index contributed by atoms with van der Waals surface area (Å²) in [4.78, 5) is 12.3. The van der Waals surface area contributed by atoms with E-state index >= 15 is 0 Å². The lowest BCUT2D eigenvalue weighted by molar-refractivity contribution is 0.0955. The molecule has 3 aromatic rings. The maximum absolute atomic E-state index is 12.3. The number of hydrogen-bond donors (Lipinski definition) is 1. The van der Waals surface area contributed by atoms with Crippen LogP contribution in [0.4, 0.5) is 0 Å². The Balaban J connectivity index is 1.48. The van der Waals surface area contributed by atoms with Gasteiger partial charge in [0.25, 0.3) is 5.91 Å². The van der Waals surface area contributed by atoms with Crippen LogP contribution in [0.3, 0.4) is 0 Å². The Hall–Kier alpha value is -3.74.